The van der Waals surface area contributed by atoms with E-state index in [9.17, 15) is 24.0 Å². The number of amides is 4. The summed E-state index contributed by atoms with van der Waals surface area (Å²) in [5, 5.41) is 2.25. The number of ether oxygens (including phenoxy) is 1. The normalized spacial score (nSPS) is 21.1. The van der Waals surface area contributed by atoms with Gasteiger partial charge in [0.2, 0.25) is 11.8 Å². The highest BCUT2D eigenvalue weighted by molar-refractivity contribution is 6.23. The maximum atomic E-state index is 14.2. The van der Waals surface area contributed by atoms with Gasteiger partial charge in [-0.15, -0.1) is 0 Å². The molecule has 0 radical (unpaired) electrons. The molecule has 7 heterocycles. The third kappa shape index (κ3) is 6.78. The lowest BCUT2D eigenvalue weighted by atomic mass is 9.92. The first kappa shape index (κ1) is 37.9. The molecule has 0 aliphatic carbocycles. The number of fused-ring (bicyclic) bond motifs is 2. The highest BCUT2D eigenvalue weighted by atomic mass is 16.5. The number of carbonyl (C=O) groups excluding carboxylic acids is 4. The predicted octanol–water partition coefficient (Wildman–Crippen LogP) is 3.60. The third-order valence-corrected chi connectivity index (χ3v) is 12.9. The molecule has 16 heteroatoms. The first-order valence-electron chi connectivity index (χ1n) is 20.8. The summed E-state index contributed by atoms with van der Waals surface area (Å²) in [4.78, 5) is 82.0. The van der Waals surface area contributed by atoms with E-state index in [1.807, 2.05) is 65.2 Å². The lowest BCUT2D eigenvalue weighted by Gasteiger charge is -2.49. The molecule has 2 aromatic heterocycles. The van der Waals surface area contributed by atoms with Gasteiger partial charge in [-0.2, -0.15) is 0 Å². The molecule has 60 heavy (non-hydrogen) atoms. The van der Waals surface area contributed by atoms with Gasteiger partial charge >= 0.3 is 5.69 Å². The van der Waals surface area contributed by atoms with Gasteiger partial charge in [0, 0.05) is 70.0 Å². The molecule has 3 aromatic carbocycles. The molecule has 1 atom stereocenters. The van der Waals surface area contributed by atoms with Crippen LogP contribution >= 0.6 is 0 Å². The van der Waals surface area contributed by atoms with Gasteiger partial charge in [-0.25, -0.2) is 14.8 Å². The Morgan fingerprint density at radius 1 is 0.733 bits per heavy atom. The largest absolute Gasteiger partial charge is 0.457 e. The minimum absolute atomic E-state index is 0.0101. The SMILES string of the molecule is Nc1ncnc2c1n(-c1ccc(Oc3ccccc3)cc1)c(=O)n2C1CCN(CC2CN(C3CCN(c4ccc5c(c4)C(=O)N(C4CCC(=O)NC4=O)C5=O)CC3)C2)CC1. The van der Waals surface area contributed by atoms with Crippen molar-refractivity contribution in [1.82, 2.24) is 39.1 Å². The van der Waals surface area contributed by atoms with E-state index >= 15 is 0 Å². The van der Waals surface area contributed by atoms with Crippen LogP contribution in [-0.4, -0.2) is 115 Å². The molecule has 5 aliphatic rings. The van der Waals surface area contributed by atoms with E-state index in [2.05, 4.69) is 30.0 Å². The van der Waals surface area contributed by atoms with Crippen molar-refractivity contribution in [3.63, 3.8) is 0 Å². The van der Waals surface area contributed by atoms with Gasteiger partial charge in [0.25, 0.3) is 11.8 Å². The number of nitrogens with one attached hydrogen (secondary N) is 1. The number of nitrogens with two attached hydrogens (primary N) is 1. The van der Waals surface area contributed by atoms with E-state index in [0.717, 1.165) is 87.8 Å². The highest BCUT2D eigenvalue weighted by Gasteiger charge is 2.45. The highest BCUT2D eigenvalue weighted by Crippen LogP contribution is 2.34. The summed E-state index contributed by atoms with van der Waals surface area (Å²) in [5.41, 5.74) is 9.45. The Morgan fingerprint density at radius 3 is 2.15 bits per heavy atom. The molecular weight excluding hydrogens is 765 g/mol. The van der Waals surface area contributed by atoms with Gasteiger partial charge in [-0.1, -0.05) is 18.2 Å². The molecule has 1 unspecified atom stereocenters. The van der Waals surface area contributed by atoms with Crippen molar-refractivity contribution in [2.24, 2.45) is 5.92 Å². The molecule has 16 nitrogen and oxygen atoms in total. The average Bonchev–Trinajstić information content (AvgIpc) is 3.69. The van der Waals surface area contributed by atoms with Crippen LogP contribution in [-0.2, 0) is 9.59 Å². The second-order valence-electron chi connectivity index (χ2n) is 16.6. The second kappa shape index (κ2) is 15.3. The molecule has 0 spiro atoms. The van der Waals surface area contributed by atoms with Gasteiger partial charge in [0.05, 0.1) is 16.8 Å². The Hall–Kier alpha value is -6.39. The fourth-order valence-corrected chi connectivity index (χ4v) is 9.82. The number of aromatic nitrogens is 4. The first-order chi connectivity index (χ1) is 29.2. The number of nitrogen functional groups attached to an aromatic ring is 1. The molecule has 0 bridgehead atoms. The smallest absolute Gasteiger partial charge is 0.335 e. The van der Waals surface area contributed by atoms with Gasteiger partial charge < -0.3 is 20.3 Å². The molecule has 10 rings (SSSR count). The number of para-hydroxylation sites is 1. The number of hydrogen-bond acceptors (Lipinski definition) is 12. The zero-order valence-corrected chi connectivity index (χ0v) is 33.1. The quantitative estimate of drug-likeness (QED) is 0.207. The fourth-order valence-electron chi connectivity index (χ4n) is 9.82. The number of carbonyl (C=O) groups is 4. The number of benzene rings is 3. The summed E-state index contributed by atoms with van der Waals surface area (Å²) in [6.07, 6.45) is 5.33. The van der Waals surface area contributed by atoms with Crippen molar-refractivity contribution >= 4 is 46.3 Å². The third-order valence-electron chi connectivity index (χ3n) is 12.9. The van der Waals surface area contributed by atoms with Crippen molar-refractivity contribution < 1.29 is 23.9 Å². The summed E-state index contributed by atoms with van der Waals surface area (Å²) >= 11 is 0. The van der Waals surface area contributed by atoms with E-state index in [-0.39, 0.29) is 30.4 Å². The Kier molecular flexibility index (Phi) is 9.67. The lowest BCUT2D eigenvalue weighted by Crippen LogP contribution is -2.58. The summed E-state index contributed by atoms with van der Waals surface area (Å²) < 4.78 is 9.40. The van der Waals surface area contributed by atoms with Crippen LogP contribution in [0.4, 0.5) is 11.5 Å². The molecule has 0 saturated carbocycles. The molecule has 5 aliphatic heterocycles. The second-order valence-corrected chi connectivity index (χ2v) is 16.6. The van der Waals surface area contributed by atoms with Gasteiger partial charge in [0.1, 0.15) is 29.4 Å². The molecule has 3 N–H and O–H groups in total. The minimum atomic E-state index is -0.972. The van der Waals surface area contributed by atoms with Crippen LogP contribution in [0.15, 0.2) is 83.9 Å². The molecular formula is C44H46N10O6. The standard InChI is InChI=1S/C44H46N10O6/c45-39-38-40(47-26-46-39)53(44(59)52(38)29-6-9-33(10-7-29)60-32-4-2-1-3-5-32)30-14-18-49(19-15-30)23-27-24-51(25-27)28-16-20-50(21-17-28)31-8-11-34-35(22-31)43(58)54(42(34)57)36-12-13-37(55)48-41(36)56/h1-11,22,26-28,30,36H,12-21,23-25H2,(H2,45,46,47)(H,48,55,56). The number of imidazole rings is 1. The lowest BCUT2D eigenvalue weighted by molar-refractivity contribution is -0.136. The molecule has 4 fully saturated rings. The Bertz CT molecular complexity index is 2550. The van der Waals surface area contributed by atoms with Crippen LogP contribution in [0.25, 0.3) is 16.9 Å². The average molecular weight is 811 g/mol. The summed E-state index contributed by atoms with van der Waals surface area (Å²) in [7, 11) is 0. The van der Waals surface area contributed by atoms with E-state index < -0.39 is 29.7 Å². The summed E-state index contributed by atoms with van der Waals surface area (Å²) in [6, 6.07) is 21.8. The van der Waals surface area contributed by atoms with Crippen molar-refractivity contribution in [3.8, 4) is 17.2 Å². The molecule has 308 valence electrons. The molecule has 4 amide bonds. The van der Waals surface area contributed by atoms with Crippen LogP contribution in [0.2, 0.25) is 0 Å². The molecule has 5 aromatic rings. The van der Waals surface area contributed by atoms with Crippen LogP contribution in [0.5, 0.6) is 11.5 Å². The van der Waals surface area contributed by atoms with Crippen molar-refractivity contribution in [2.45, 2.75) is 56.7 Å². The first-order valence-corrected chi connectivity index (χ1v) is 20.8. The van der Waals surface area contributed by atoms with E-state index in [0.29, 0.717) is 45.7 Å². The van der Waals surface area contributed by atoms with Gasteiger partial charge in [0.15, 0.2) is 11.5 Å². The summed E-state index contributed by atoms with van der Waals surface area (Å²) in [5.74, 6) is 0.284. The zero-order valence-electron chi connectivity index (χ0n) is 33.1. The zero-order chi connectivity index (χ0) is 41.1. The number of hydrogen-bond donors (Lipinski definition) is 2. The van der Waals surface area contributed by atoms with Gasteiger partial charge in [-0.3, -0.25) is 43.4 Å². The predicted molar refractivity (Wildman–Crippen MR) is 222 cm³/mol. The number of nitrogens with zero attached hydrogens (tertiary/aromatic N) is 8. The minimum Gasteiger partial charge on any atom is -0.457 e. The van der Waals surface area contributed by atoms with E-state index in [1.165, 1.54) is 6.33 Å². The van der Waals surface area contributed by atoms with Crippen LogP contribution < -0.4 is 26.4 Å². The van der Waals surface area contributed by atoms with Crippen molar-refractivity contribution in [3.05, 3.63) is 101 Å². The van der Waals surface area contributed by atoms with Gasteiger partial charge in [-0.05, 0) is 92.6 Å². The number of likely N-dealkylation sites (tertiary alicyclic amines) is 2. The van der Waals surface area contributed by atoms with Crippen molar-refractivity contribution in [1.29, 1.82) is 0 Å². The van der Waals surface area contributed by atoms with Crippen LogP contribution in [0, 0.1) is 5.92 Å². The van der Waals surface area contributed by atoms with Crippen LogP contribution in [0.3, 0.4) is 0 Å². The fraction of sp³-hybridized carbons (Fsp3) is 0.386. The van der Waals surface area contributed by atoms with E-state index in [4.69, 9.17) is 10.5 Å². The maximum absolute atomic E-state index is 14.2. The van der Waals surface area contributed by atoms with Crippen LogP contribution in [0.1, 0.15) is 65.3 Å². The number of anilines is 2. The topological polar surface area (TPSA) is 181 Å². The number of imide groups is 2. The summed E-state index contributed by atoms with van der Waals surface area (Å²) in [6.45, 7) is 6.64. The molecule has 4 saturated heterocycles. The monoisotopic (exact) mass is 810 g/mol. The number of rotatable bonds is 9. The van der Waals surface area contributed by atoms with Crippen molar-refractivity contribution in [2.75, 3.05) is 56.4 Å². The van der Waals surface area contributed by atoms with E-state index in [1.54, 1.807) is 16.7 Å². The number of piperidine rings is 3. The Labute approximate surface area is 345 Å². The Morgan fingerprint density at radius 2 is 1.42 bits per heavy atom. The Balaban J connectivity index is 0.720. The maximum Gasteiger partial charge on any atom is 0.335 e.